The van der Waals surface area contributed by atoms with Crippen molar-refractivity contribution in [3.8, 4) is 5.95 Å². The Hall–Kier alpha value is -2.54. The number of carbonyl (C=O) groups is 1. The van der Waals surface area contributed by atoms with E-state index in [-0.39, 0.29) is 30.2 Å². The molecule has 3 heterocycles. The Kier molecular flexibility index (Phi) is 5.26. The molecule has 1 saturated heterocycles. The molecule has 2 aromatic heterocycles. The van der Waals surface area contributed by atoms with Crippen LogP contribution in [0.3, 0.4) is 0 Å². The maximum absolute atomic E-state index is 12.7. The molecular formula is C17H22F3N7O3. The Labute approximate surface area is 169 Å². The van der Waals surface area contributed by atoms with Crippen LogP contribution in [0.4, 0.5) is 13.2 Å². The molecule has 2 aliphatic rings. The van der Waals surface area contributed by atoms with Gasteiger partial charge >= 0.3 is 6.18 Å². The minimum absolute atomic E-state index is 0.170. The zero-order valence-corrected chi connectivity index (χ0v) is 16.5. The fraction of sp³-hybridized carbons (Fsp3) is 0.706. The summed E-state index contributed by atoms with van der Waals surface area (Å²) >= 11 is 0. The first-order valence-corrected chi connectivity index (χ1v) is 9.69. The first-order chi connectivity index (χ1) is 14.2. The molecule has 164 valence electrons. The molecule has 30 heavy (non-hydrogen) atoms. The number of hydrogen-bond donors (Lipinski definition) is 2. The molecule has 0 bridgehead atoms. The largest absolute Gasteiger partial charge is 0.451 e. The van der Waals surface area contributed by atoms with Gasteiger partial charge in [0, 0.05) is 19.4 Å². The molecule has 2 fully saturated rings. The van der Waals surface area contributed by atoms with Crippen molar-refractivity contribution in [2.45, 2.75) is 57.6 Å². The third-order valence-electron chi connectivity index (χ3n) is 5.34. The predicted octanol–water partition coefficient (Wildman–Crippen LogP) is 1.76. The lowest BCUT2D eigenvalue weighted by atomic mass is 9.86. The van der Waals surface area contributed by atoms with Crippen LogP contribution in [-0.2, 0) is 15.7 Å². The average molecular weight is 429 g/mol. The minimum atomic E-state index is -4.67. The van der Waals surface area contributed by atoms with E-state index < -0.39 is 23.7 Å². The maximum Gasteiger partial charge on any atom is 0.451 e. The Morgan fingerprint density at radius 3 is 2.73 bits per heavy atom. The molecular weight excluding hydrogens is 407 g/mol. The highest BCUT2D eigenvalue weighted by atomic mass is 19.4. The van der Waals surface area contributed by atoms with Crippen LogP contribution >= 0.6 is 0 Å². The zero-order valence-electron chi connectivity index (χ0n) is 16.5. The summed E-state index contributed by atoms with van der Waals surface area (Å²) in [7, 11) is 0. The lowest BCUT2D eigenvalue weighted by Gasteiger charge is -2.34. The maximum atomic E-state index is 12.7. The number of carbonyl (C=O) groups excluding carboxylic acids is 1. The number of hydrogen-bond acceptors (Lipinski definition) is 7. The highest BCUT2D eigenvalue weighted by Crippen LogP contribution is 2.39. The second-order valence-electron chi connectivity index (χ2n) is 7.73. The SMILES string of the molecule is Cc1nc(C(=O)NC[C@@H]2COC3(CCC(C)CC3)O2)nn1-c1n[nH]c(C(F)(F)F)n1. The highest BCUT2D eigenvalue weighted by Gasteiger charge is 2.43. The van der Waals surface area contributed by atoms with Gasteiger partial charge in [0.2, 0.25) is 11.6 Å². The summed E-state index contributed by atoms with van der Waals surface area (Å²) in [5.41, 5.74) is 0. The number of halogens is 3. The summed E-state index contributed by atoms with van der Waals surface area (Å²) < 4.78 is 50.9. The summed E-state index contributed by atoms with van der Waals surface area (Å²) in [5.74, 6) is -2.13. The van der Waals surface area contributed by atoms with E-state index in [2.05, 4.69) is 32.4 Å². The first kappa shape index (κ1) is 20.7. The number of H-pyrrole nitrogens is 1. The molecule has 1 spiro atoms. The smallest absolute Gasteiger partial charge is 0.347 e. The number of aromatic nitrogens is 6. The number of rotatable bonds is 4. The lowest BCUT2D eigenvalue weighted by molar-refractivity contribution is -0.191. The van der Waals surface area contributed by atoms with E-state index in [4.69, 9.17) is 9.47 Å². The zero-order chi connectivity index (χ0) is 21.5. The van der Waals surface area contributed by atoms with E-state index in [0.29, 0.717) is 12.5 Å². The summed E-state index contributed by atoms with van der Waals surface area (Å²) in [5, 5.41) is 11.9. The van der Waals surface area contributed by atoms with Crippen LogP contribution < -0.4 is 5.32 Å². The second kappa shape index (κ2) is 7.61. The molecule has 1 atom stereocenters. The van der Waals surface area contributed by atoms with E-state index in [1.54, 1.807) is 5.10 Å². The molecule has 1 aliphatic carbocycles. The van der Waals surface area contributed by atoms with Crippen molar-refractivity contribution in [2.75, 3.05) is 13.2 Å². The van der Waals surface area contributed by atoms with Crippen LogP contribution in [-0.4, -0.2) is 60.9 Å². The fourth-order valence-corrected chi connectivity index (χ4v) is 3.62. The molecule has 10 nitrogen and oxygen atoms in total. The van der Waals surface area contributed by atoms with Gasteiger partial charge in [0.25, 0.3) is 11.9 Å². The number of ether oxygens (including phenoxy) is 2. The molecule has 1 saturated carbocycles. The summed E-state index contributed by atoms with van der Waals surface area (Å²) in [6.45, 7) is 4.28. The van der Waals surface area contributed by atoms with E-state index in [1.165, 1.54) is 6.92 Å². The molecule has 0 radical (unpaired) electrons. The summed E-state index contributed by atoms with van der Waals surface area (Å²) in [6.07, 6.45) is -1.21. The van der Waals surface area contributed by atoms with Gasteiger partial charge in [0.15, 0.2) is 5.79 Å². The van der Waals surface area contributed by atoms with Crippen molar-refractivity contribution in [3.63, 3.8) is 0 Å². The van der Waals surface area contributed by atoms with Gasteiger partial charge < -0.3 is 14.8 Å². The van der Waals surface area contributed by atoms with E-state index in [0.717, 1.165) is 30.4 Å². The molecule has 0 aromatic carbocycles. The number of aryl methyl sites for hydroxylation is 1. The monoisotopic (exact) mass is 429 g/mol. The molecule has 13 heteroatoms. The topological polar surface area (TPSA) is 120 Å². The number of amides is 1. The number of aromatic amines is 1. The molecule has 2 aromatic rings. The molecule has 4 rings (SSSR count). The second-order valence-corrected chi connectivity index (χ2v) is 7.73. The van der Waals surface area contributed by atoms with Crippen molar-refractivity contribution in [2.24, 2.45) is 5.92 Å². The highest BCUT2D eigenvalue weighted by molar-refractivity contribution is 5.90. The van der Waals surface area contributed by atoms with Crippen molar-refractivity contribution < 1.29 is 27.4 Å². The van der Waals surface area contributed by atoms with Crippen molar-refractivity contribution in [3.05, 3.63) is 17.5 Å². The van der Waals surface area contributed by atoms with Gasteiger partial charge in [-0.3, -0.25) is 9.89 Å². The van der Waals surface area contributed by atoms with Gasteiger partial charge in [-0.25, -0.2) is 4.98 Å². The van der Waals surface area contributed by atoms with E-state index >= 15 is 0 Å². The van der Waals surface area contributed by atoms with Crippen LogP contribution in [0, 0.1) is 12.8 Å². The standard InChI is InChI=1S/C17H22F3N7O3/c1-9-3-5-16(6-4-9)29-8-11(30-16)7-21-13(28)12-22-10(2)27(26-12)15-23-14(24-25-15)17(18,19)20/h9,11H,3-8H2,1-2H3,(H,21,28)(H,23,24,25)/t9?,11-,16?/m1/s1. The van der Waals surface area contributed by atoms with Crippen molar-refractivity contribution >= 4 is 5.91 Å². The number of nitrogens with one attached hydrogen (secondary N) is 2. The third kappa shape index (κ3) is 4.17. The van der Waals surface area contributed by atoms with Crippen molar-refractivity contribution in [1.29, 1.82) is 0 Å². The van der Waals surface area contributed by atoms with Crippen molar-refractivity contribution in [1.82, 2.24) is 35.3 Å². The van der Waals surface area contributed by atoms with Crippen LogP contribution in [0.25, 0.3) is 5.95 Å². The summed E-state index contributed by atoms with van der Waals surface area (Å²) in [4.78, 5) is 19.7. The molecule has 0 unspecified atom stereocenters. The minimum Gasteiger partial charge on any atom is -0.347 e. The molecule has 1 amide bonds. The van der Waals surface area contributed by atoms with E-state index in [1.807, 2.05) is 0 Å². The molecule has 2 N–H and O–H groups in total. The lowest BCUT2D eigenvalue weighted by Crippen LogP contribution is -2.38. The van der Waals surface area contributed by atoms with Gasteiger partial charge in [-0.2, -0.15) is 22.8 Å². The number of nitrogens with zero attached hydrogens (tertiary/aromatic N) is 5. The van der Waals surface area contributed by atoms with Gasteiger partial charge in [-0.1, -0.05) is 6.92 Å². The average Bonchev–Trinajstić information content (AvgIpc) is 3.41. The Bertz CT molecular complexity index is 918. The Morgan fingerprint density at radius 2 is 2.07 bits per heavy atom. The molecule has 1 aliphatic heterocycles. The normalized spacial score (nSPS) is 27.0. The Morgan fingerprint density at radius 1 is 1.33 bits per heavy atom. The number of alkyl halides is 3. The quantitative estimate of drug-likeness (QED) is 0.760. The van der Waals surface area contributed by atoms with Crippen LogP contribution in [0.1, 0.15) is 54.9 Å². The van der Waals surface area contributed by atoms with Gasteiger partial charge in [-0.15, -0.1) is 10.2 Å². The Balaban J connectivity index is 1.36. The van der Waals surface area contributed by atoms with Crippen LogP contribution in [0.5, 0.6) is 0 Å². The predicted molar refractivity (Wildman–Crippen MR) is 94.6 cm³/mol. The van der Waals surface area contributed by atoms with Crippen LogP contribution in [0.15, 0.2) is 0 Å². The van der Waals surface area contributed by atoms with Gasteiger partial charge in [-0.05, 0) is 25.7 Å². The van der Waals surface area contributed by atoms with Gasteiger partial charge in [0.05, 0.1) is 6.61 Å². The van der Waals surface area contributed by atoms with Gasteiger partial charge in [0.1, 0.15) is 11.9 Å². The third-order valence-corrected chi connectivity index (χ3v) is 5.34. The van der Waals surface area contributed by atoms with Crippen LogP contribution in [0.2, 0.25) is 0 Å². The first-order valence-electron chi connectivity index (χ1n) is 9.69. The fourth-order valence-electron chi connectivity index (χ4n) is 3.62. The van der Waals surface area contributed by atoms with E-state index in [9.17, 15) is 18.0 Å². The summed E-state index contributed by atoms with van der Waals surface area (Å²) in [6, 6.07) is 0.